The third-order valence-corrected chi connectivity index (χ3v) is 6.01. The van der Waals surface area contributed by atoms with Crippen LogP contribution in [0.4, 0.5) is 5.82 Å². The van der Waals surface area contributed by atoms with E-state index in [1.165, 1.54) is 22.2 Å². The number of hydrogen-bond acceptors (Lipinski definition) is 6. The number of fused-ring (bicyclic) bond motifs is 3. The highest BCUT2D eigenvalue weighted by Gasteiger charge is 2.31. The predicted octanol–water partition coefficient (Wildman–Crippen LogP) is 3.26. The van der Waals surface area contributed by atoms with Gasteiger partial charge in [0, 0.05) is 11.4 Å². The Kier molecular flexibility index (Phi) is 5.37. The minimum Gasteiger partial charge on any atom is -0.394 e. The Balaban J connectivity index is 1.80. The molecule has 0 bridgehead atoms. The van der Waals surface area contributed by atoms with Crippen molar-refractivity contribution < 1.29 is 9.84 Å². The minimum absolute atomic E-state index is 0.0603. The summed E-state index contributed by atoms with van der Waals surface area (Å²) in [6, 6.07) is 0. The van der Waals surface area contributed by atoms with Crippen molar-refractivity contribution in [3.05, 3.63) is 16.8 Å². The highest BCUT2D eigenvalue weighted by atomic mass is 32.1. The lowest BCUT2D eigenvalue weighted by molar-refractivity contribution is 0.0992. The van der Waals surface area contributed by atoms with E-state index in [0.717, 1.165) is 29.4 Å². The van der Waals surface area contributed by atoms with E-state index in [1.807, 2.05) is 11.3 Å². The van der Waals surface area contributed by atoms with Gasteiger partial charge in [-0.05, 0) is 36.2 Å². The lowest BCUT2D eigenvalue weighted by atomic mass is 9.72. The molecule has 2 N–H and O–H groups in total. The van der Waals surface area contributed by atoms with Crippen LogP contribution in [0.15, 0.2) is 6.33 Å². The van der Waals surface area contributed by atoms with E-state index >= 15 is 0 Å². The molecule has 0 saturated carbocycles. The molecule has 0 aliphatic heterocycles. The number of anilines is 1. The lowest BCUT2D eigenvalue weighted by Gasteiger charge is -2.33. The summed E-state index contributed by atoms with van der Waals surface area (Å²) in [7, 11) is 0. The topological polar surface area (TPSA) is 67.3 Å². The molecular formula is C18H27N3O2S. The third kappa shape index (κ3) is 3.71. The van der Waals surface area contributed by atoms with Crippen LogP contribution in [0.5, 0.6) is 0 Å². The van der Waals surface area contributed by atoms with Crippen molar-refractivity contribution >= 4 is 27.4 Å². The SMILES string of the molecule is CC(C)(C)C1CCc2c(sc3ncnc(NCCOCCO)c23)C1. The summed E-state index contributed by atoms with van der Waals surface area (Å²) in [5.74, 6) is 1.65. The van der Waals surface area contributed by atoms with Crippen LogP contribution in [0.3, 0.4) is 0 Å². The van der Waals surface area contributed by atoms with Crippen molar-refractivity contribution in [1.82, 2.24) is 9.97 Å². The predicted molar refractivity (Wildman–Crippen MR) is 98.8 cm³/mol. The molecule has 132 valence electrons. The van der Waals surface area contributed by atoms with Gasteiger partial charge in [-0.15, -0.1) is 11.3 Å². The number of hydrogen-bond donors (Lipinski definition) is 2. The van der Waals surface area contributed by atoms with Crippen molar-refractivity contribution in [3.8, 4) is 0 Å². The largest absolute Gasteiger partial charge is 0.394 e. The number of nitrogens with one attached hydrogen (secondary N) is 1. The first-order valence-corrected chi connectivity index (χ1v) is 9.50. The molecule has 1 aliphatic carbocycles. The van der Waals surface area contributed by atoms with Gasteiger partial charge < -0.3 is 15.2 Å². The molecule has 0 spiro atoms. The molecule has 0 aromatic carbocycles. The van der Waals surface area contributed by atoms with Crippen LogP contribution in [0.25, 0.3) is 10.2 Å². The third-order valence-electron chi connectivity index (χ3n) is 4.84. The maximum Gasteiger partial charge on any atom is 0.138 e. The average Bonchev–Trinajstić information content (AvgIpc) is 2.92. The first-order chi connectivity index (χ1) is 11.5. The first-order valence-electron chi connectivity index (χ1n) is 8.68. The number of ether oxygens (including phenoxy) is 1. The molecule has 2 aromatic rings. The van der Waals surface area contributed by atoms with Crippen molar-refractivity contribution in [2.24, 2.45) is 11.3 Å². The zero-order valence-electron chi connectivity index (χ0n) is 14.8. The number of aliphatic hydroxyl groups excluding tert-OH is 1. The van der Waals surface area contributed by atoms with Gasteiger partial charge in [0.15, 0.2) is 0 Å². The van der Waals surface area contributed by atoms with E-state index in [2.05, 4.69) is 36.1 Å². The Morgan fingerprint density at radius 2 is 2.17 bits per heavy atom. The zero-order valence-corrected chi connectivity index (χ0v) is 15.6. The normalized spacial score (nSPS) is 17.9. The summed E-state index contributed by atoms with van der Waals surface area (Å²) < 4.78 is 5.31. The Hall–Kier alpha value is -1.24. The van der Waals surface area contributed by atoms with E-state index < -0.39 is 0 Å². The minimum atomic E-state index is 0.0603. The summed E-state index contributed by atoms with van der Waals surface area (Å²) in [5.41, 5.74) is 1.79. The zero-order chi connectivity index (χ0) is 17.2. The smallest absolute Gasteiger partial charge is 0.138 e. The molecule has 1 aliphatic rings. The van der Waals surface area contributed by atoms with Gasteiger partial charge in [0.1, 0.15) is 17.0 Å². The maximum atomic E-state index is 8.74. The molecule has 5 nitrogen and oxygen atoms in total. The molecule has 6 heteroatoms. The van der Waals surface area contributed by atoms with Gasteiger partial charge in [0.25, 0.3) is 0 Å². The highest BCUT2D eigenvalue weighted by Crippen LogP contribution is 2.44. The molecule has 1 unspecified atom stereocenters. The van der Waals surface area contributed by atoms with Gasteiger partial charge >= 0.3 is 0 Å². The van der Waals surface area contributed by atoms with Gasteiger partial charge in [0.2, 0.25) is 0 Å². The van der Waals surface area contributed by atoms with Gasteiger partial charge in [0.05, 0.1) is 25.2 Å². The Labute approximate surface area is 147 Å². The molecule has 0 amide bonds. The van der Waals surface area contributed by atoms with Crippen molar-refractivity contribution in [2.75, 3.05) is 31.7 Å². The van der Waals surface area contributed by atoms with Crippen molar-refractivity contribution in [1.29, 1.82) is 0 Å². The quantitative estimate of drug-likeness (QED) is 0.784. The maximum absolute atomic E-state index is 8.74. The van der Waals surface area contributed by atoms with Gasteiger partial charge in [-0.2, -0.15) is 0 Å². The summed E-state index contributed by atoms with van der Waals surface area (Å²) in [4.78, 5) is 11.5. The van der Waals surface area contributed by atoms with Crippen LogP contribution in [0.1, 0.15) is 37.6 Å². The van der Waals surface area contributed by atoms with Crippen LogP contribution in [-0.2, 0) is 17.6 Å². The van der Waals surface area contributed by atoms with E-state index in [-0.39, 0.29) is 6.61 Å². The van der Waals surface area contributed by atoms with Crippen LogP contribution in [-0.4, -0.2) is 41.4 Å². The summed E-state index contributed by atoms with van der Waals surface area (Å²) in [5, 5.41) is 13.3. The fraction of sp³-hybridized carbons (Fsp3) is 0.667. The molecule has 3 rings (SSSR count). The summed E-state index contributed by atoms with van der Waals surface area (Å²) in [6.45, 7) is 8.71. The second-order valence-corrected chi connectivity index (χ2v) is 8.56. The summed E-state index contributed by atoms with van der Waals surface area (Å²) >= 11 is 1.83. The van der Waals surface area contributed by atoms with Gasteiger partial charge in [-0.3, -0.25) is 0 Å². The number of aliphatic hydroxyl groups is 1. The lowest BCUT2D eigenvalue weighted by Crippen LogP contribution is -2.26. The van der Waals surface area contributed by atoms with Crippen molar-refractivity contribution in [2.45, 2.75) is 40.0 Å². The average molecular weight is 350 g/mol. The second kappa shape index (κ2) is 7.33. The molecule has 24 heavy (non-hydrogen) atoms. The fourth-order valence-electron chi connectivity index (χ4n) is 3.39. The van der Waals surface area contributed by atoms with E-state index in [4.69, 9.17) is 9.84 Å². The Morgan fingerprint density at radius 1 is 1.33 bits per heavy atom. The van der Waals surface area contributed by atoms with E-state index in [9.17, 15) is 0 Å². The monoisotopic (exact) mass is 349 g/mol. The number of aromatic nitrogens is 2. The number of aryl methyl sites for hydroxylation is 1. The van der Waals surface area contributed by atoms with Gasteiger partial charge in [-0.25, -0.2) is 9.97 Å². The molecule has 0 saturated heterocycles. The van der Waals surface area contributed by atoms with Crippen LogP contribution in [0, 0.1) is 11.3 Å². The molecule has 0 fully saturated rings. The number of rotatable bonds is 6. The van der Waals surface area contributed by atoms with E-state index in [0.29, 0.717) is 25.2 Å². The summed E-state index contributed by atoms with van der Waals surface area (Å²) in [6.07, 6.45) is 5.14. The van der Waals surface area contributed by atoms with Gasteiger partial charge in [-0.1, -0.05) is 20.8 Å². The number of thiophene rings is 1. The van der Waals surface area contributed by atoms with E-state index in [1.54, 1.807) is 6.33 Å². The second-order valence-electron chi connectivity index (χ2n) is 7.47. The molecular weight excluding hydrogens is 322 g/mol. The fourth-order valence-corrected chi connectivity index (χ4v) is 4.66. The molecule has 2 aromatic heterocycles. The first kappa shape index (κ1) is 17.6. The van der Waals surface area contributed by atoms with Crippen LogP contribution >= 0.6 is 11.3 Å². The van der Waals surface area contributed by atoms with Crippen LogP contribution in [0.2, 0.25) is 0 Å². The van der Waals surface area contributed by atoms with Crippen LogP contribution < -0.4 is 5.32 Å². The number of nitrogens with zero attached hydrogens (tertiary/aromatic N) is 2. The molecule has 2 heterocycles. The van der Waals surface area contributed by atoms with Crippen molar-refractivity contribution in [3.63, 3.8) is 0 Å². The molecule has 1 atom stereocenters. The Morgan fingerprint density at radius 3 is 2.92 bits per heavy atom. The molecule has 0 radical (unpaired) electrons. The Bertz CT molecular complexity index is 693. The highest BCUT2D eigenvalue weighted by molar-refractivity contribution is 7.19. The standard InChI is InChI=1S/C18H27N3O2S/c1-18(2,3)12-4-5-13-14(10-12)24-17-15(13)16(20-11-21-17)19-6-8-23-9-7-22/h11-12,22H,4-10H2,1-3H3,(H,19,20,21).